The molecule has 5 nitrogen and oxygen atoms in total. The molecule has 0 aliphatic rings. The summed E-state index contributed by atoms with van der Waals surface area (Å²) in [7, 11) is -2.49. The summed E-state index contributed by atoms with van der Waals surface area (Å²) in [5, 5.41) is 10.4. The van der Waals surface area contributed by atoms with Gasteiger partial charge in [-0.3, -0.25) is 0 Å². The first-order chi connectivity index (χ1) is 9.06. The zero-order valence-electron chi connectivity index (χ0n) is 9.86. The Morgan fingerprint density at radius 3 is 2.63 bits per heavy atom. The molecule has 19 heavy (non-hydrogen) atoms. The Morgan fingerprint density at radius 2 is 2.05 bits per heavy atom. The van der Waals surface area contributed by atoms with Crippen molar-refractivity contribution in [3.8, 4) is 17.6 Å². The zero-order chi connectivity index (χ0) is 13.9. The fourth-order valence-electron chi connectivity index (χ4n) is 1.37. The molecule has 0 bridgehead atoms. The minimum Gasteiger partial charge on any atom is -0.493 e. The van der Waals surface area contributed by atoms with Crippen LogP contribution in [0.15, 0.2) is 39.9 Å². The zero-order valence-corrected chi connectivity index (χ0v) is 11.5. The molecule has 0 atom stereocenters. The van der Waals surface area contributed by atoms with E-state index in [-0.39, 0.29) is 15.7 Å². The van der Waals surface area contributed by atoms with Gasteiger partial charge in [0.15, 0.2) is 15.7 Å². The molecule has 0 spiro atoms. The van der Waals surface area contributed by atoms with E-state index in [4.69, 9.17) is 14.2 Å². The lowest BCUT2D eigenvalue weighted by Crippen LogP contribution is -2.08. The van der Waals surface area contributed by atoms with Gasteiger partial charge in [0, 0.05) is 6.07 Å². The number of nitriles is 1. The summed E-state index contributed by atoms with van der Waals surface area (Å²) in [6, 6.07) is 9.28. The molecule has 0 fully saturated rings. The molecule has 0 aliphatic heterocycles. The monoisotopic (exact) mass is 295 g/mol. The highest BCUT2D eigenvalue weighted by atomic mass is 32.3. The second-order valence-electron chi connectivity index (χ2n) is 3.45. The van der Waals surface area contributed by atoms with Crippen molar-refractivity contribution in [2.45, 2.75) is 4.21 Å². The van der Waals surface area contributed by atoms with Crippen LogP contribution in [0.2, 0.25) is 0 Å². The smallest absolute Gasteiger partial charge is 0.348 e. The van der Waals surface area contributed by atoms with Crippen molar-refractivity contribution in [3.05, 3.63) is 41.3 Å². The molecule has 0 aliphatic carbocycles. The molecule has 1 aromatic carbocycles. The van der Waals surface area contributed by atoms with Crippen LogP contribution in [0, 0.1) is 11.3 Å². The number of benzene rings is 1. The van der Waals surface area contributed by atoms with E-state index >= 15 is 0 Å². The molecular weight excluding hydrogens is 286 g/mol. The molecule has 0 saturated carbocycles. The number of hydrogen-bond donors (Lipinski definition) is 0. The van der Waals surface area contributed by atoms with E-state index in [2.05, 4.69) is 0 Å². The first kappa shape index (κ1) is 13.4. The van der Waals surface area contributed by atoms with Gasteiger partial charge < -0.3 is 8.92 Å². The van der Waals surface area contributed by atoms with Crippen LogP contribution in [0.3, 0.4) is 0 Å². The van der Waals surface area contributed by atoms with Gasteiger partial charge in [0.2, 0.25) is 0 Å². The van der Waals surface area contributed by atoms with Crippen molar-refractivity contribution < 1.29 is 17.3 Å². The summed E-state index contributed by atoms with van der Waals surface area (Å²) < 4.78 is 34.0. The number of methoxy groups -OCH3 is 1. The van der Waals surface area contributed by atoms with Crippen LogP contribution in [-0.2, 0) is 10.1 Å². The molecular formula is C12H9NO4S2. The maximum Gasteiger partial charge on any atom is 0.348 e. The summed E-state index contributed by atoms with van der Waals surface area (Å²) in [4.78, 5) is 0. The van der Waals surface area contributed by atoms with Crippen molar-refractivity contribution >= 4 is 21.5 Å². The minimum atomic E-state index is -3.87. The van der Waals surface area contributed by atoms with Crippen molar-refractivity contribution in [1.29, 1.82) is 5.26 Å². The molecule has 2 aromatic rings. The molecule has 0 saturated heterocycles. The standard InChI is InChI=1S/C12H9NO4S2/c1-16-11-7-9(8-13)4-5-10(11)17-19(14,15)12-3-2-6-18-12/h2-7H,1H3. The molecule has 0 radical (unpaired) electrons. The van der Waals surface area contributed by atoms with Crippen LogP contribution in [0.25, 0.3) is 0 Å². The highest BCUT2D eigenvalue weighted by Crippen LogP contribution is 2.31. The predicted molar refractivity (Wildman–Crippen MR) is 69.8 cm³/mol. The van der Waals surface area contributed by atoms with Crippen LogP contribution in [0.1, 0.15) is 5.56 Å². The van der Waals surface area contributed by atoms with Crippen LogP contribution < -0.4 is 8.92 Å². The minimum absolute atomic E-state index is 0.0508. The fourth-order valence-corrected chi connectivity index (χ4v) is 3.26. The van der Waals surface area contributed by atoms with Gasteiger partial charge in [-0.25, -0.2) is 0 Å². The maximum atomic E-state index is 12.0. The van der Waals surface area contributed by atoms with Crippen LogP contribution in [-0.4, -0.2) is 15.5 Å². The summed E-state index contributed by atoms with van der Waals surface area (Å²) in [5.41, 5.74) is 0.359. The summed E-state index contributed by atoms with van der Waals surface area (Å²) >= 11 is 1.06. The van der Waals surface area contributed by atoms with Crippen LogP contribution >= 0.6 is 11.3 Å². The Balaban J connectivity index is 2.37. The van der Waals surface area contributed by atoms with Gasteiger partial charge in [-0.15, -0.1) is 11.3 Å². The first-order valence-electron chi connectivity index (χ1n) is 5.13. The number of hydrogen-bond acceptors (Lipinski definition) is 6. The predicted octanol–water partition coefficient (Wildman–Crippen LogP) is 2.40. The highest BCUT2D eigenvalue weighted by molar-refractivity contribution is 7.89. The molecule has 1 heterocycles. The largest absolute Gasteiger partial charge is 0.493 e. The Labute approximate surface area is 114 Å². The topological polar surface area (TPSA) is 76.4 Å². The highest BCUT2D eigenvalue weighted by Gasteiger charge is 2.20. The fraction of sp³-hybridized carbons (Fsp3) is 0.0833. The van der Waals surface area contributed by atoms with E-state index in [1.165, 1.54) is 31.4 Å². The van der Waals surface area contributed by atoms with Crippen molar-refractivity contribution in [2.75, 3.05) is 7.11 Å². The number of rotatable bonds is 4. The molecule has 7 heteroatoms. The maximum absolute atomic E-state index is 12.0. The van der Waals surface area contributed by atoms with E-state index in [1.54, 1.807) is 11.4 Å². The average Bonchev–Trinajstić information content (AvgIpc) is 2.93. The molecule has 1 aromatic heterocycles. The SMILES string of the molecule is COc1cc(C#N)ccc1OS(=O)(=O)c1cccs1. The van der Waals surface area contributed by atoms with Gasteiger partial charge in [0.1, 0.15) is 0 Å². The van der Waals surface area contributed by atoms with Gasteiger partial charge in [0.25, 0.3) is 0 Å². The molecule has 98 valence electrons. The quantitative estimate of drug-likeness (QED) is 0.809. The van der Waals surface area contributed by atoms with Crippen LogP contribution in [0.4, 0.5) is 0 Å². The third-order valence-electron chi connectivity index (χ3n) is 2.23. The van der Waals surface area contributed by atoms with E-state index in [9.17, 15) is 8.42 Å². The van der Waals surface area contributed by atoms with Gasteiger partial charge in [-0.1, -0.05) is 6.07 Å². The van der Waals surface area contributed by atoms with Crippen molar-refractivity contribution in [3.63, 3.8) is 0 Å². The molecule has 2 rings (SSSR count). The first-order valence-corrected chi connectivity index (χ1v) is 7.42. The second-order valence-corrected chi connectivity index (χ2v) is 6.17. The summed E-state index contributed by atoms with van der Waals surface area (Å²) in [6.45, 7) is 0. The van der Waals surface area contributed by atoms with Crippen molar-refractivity contribution in [1.82, 2.24) is 0 Å². The Hall–Kier alpha value is -2.04. The van der Waals surface area contributed by atoms with Crippen LogP contribution in [0.5, 0.6) is 11.5 Å². The van der Waals surface area contributed by atoms with E-state index in [0.717, 1.165) is 11.3 Å². The Morgan fingerprint density at radius 1 is 1.26 bits per heavy atom. The third-order valence-corrected chi connectivity index (χ3v) is 4.82. The van der Waals surface area contributed by atoms with Gasteiger partial charge in [0.05, 0.1) is 18.7 Å². The summed E-state index contributed by atoms with van der Waals surface area (Å²) in [5.74, 6) is 0.245. The lowest BCUT2D eigenvalue weighted by Gasteiger charge is -2.09. The summed E-state index contributed by atoms with van der Waals surface area (Å²) in [6.07, 6.45) is 0. The Kier molecular flexibility index (Phi) is 3.74. The second kappa shape index (κ2) is 5.30. The van der Waals surface area contributed by atoms with E-state index in [0.29, 0.717) is 5.56 Å². The molecule has 0 amide bonds. The lowest BCUT2D eigenvalue weighted by molar-refractivity contribution is 0.390. The molecule has 0 N–H and O–H groups in total. The van der Waals surface area contributed by atoms with Gasteiger partial charge in [-0.2, -0.15) is 13.7 Å². The number of thiophene rings is 1. The van der Waals surface area contributed by atoms with Gasteiger partial charge >= 0.3 is 10.1 Å². The van der Waals surface area contributed by atoms with E-state index in [1.807, 2.05) is 6.07 Å². The average molecular weight is 295 g/mol. The number of ether oxygens (including phenoxy) is 1. The Bertz CT molecular complexity index is 715. The number of nitrogens with zero attached hydrogens (tertiary/aromatic N) is 1. The normalized spacial score (nSPS) is 10.7. The van der Waals surface area contributed by atoms with Gasteiger partial charge in [-0.05, 0) is 23.6 Å². The third kappa shape index (κ3) is 2.86. The van der Waals surface area contributed by atoms with E-state index < -0.39 is 10.1 Å². The van der Waals surface area contributed by atoms with Crippen molar-refractivity contribution in [2.24, 2.45) is 0 Å². The molecule has 0 unspecified atom stereocenters. The lowest BCUT2D eigenvalue weighted by atomic mass is 10.2.